The van der Waals surface area contributed by atoms with Crippen molar-refractivity contribution in [2.45, 2.75) is 44.1 Å². The fraction of sp³-hybridized carbons (Fsp3) is 0.600. The molecular weight excluding hydrogens is 469 g/mol. The van der Waals surface area contributed by atoms with Gasteiger partial charge >= 0.3 is 0 Å². The smallest absolute Gasteiger partial charge is 0.251 e. The molecule has 0 saturated carbocycles. The third-order valence-corrected chi connectivity index (χ3v) is 5.15. The van der Waals surface area contributed by atoms with Gasteiger partial charge in [-0.3, -0.25) is 9.79 Å². The van der Waals surface area contributed by atoms with Crippen LogP contribution in [-0.4, -0.2) is 69.2 Å². The van der Waals surface area contributed by atoms with Crippen molar-refractivity contribution >= 4 is 35.8 Å². The van der Waals surface area contributed by atoms with Gasteiger partial charge in [-0.1, -0.05) is 12.1 Å². The number of nitrogens with one attached hydrogen (secondary N) is 3. The van der Waals surface area contributed by atoms with Crippen LogP contribution in [0.25, 0.3) is 0 Å². The molecule has 1 amide bonds. The Labute approximate surface area is 184 Å². The summed E-state index contributed by atoms with van der Waals surface area (Å²) in [4.78, 5) is 18.6. The molecule has 3 atom stereocenters. The molecule has 3 N–H and O–H groups in total. The van der Waals surface area contributed by atoms with E-state index in [4.69, 9.17) is 4.74 Å². The lowest BCUT2D eigenvalue weighted by Gasteiger charge is -2.22. The van der Waals surface area contributed by atoms with Gasteiger partial charge in [-0.15, -0.1) is 24.0 Å². The topological polar surface area (TPSA) is 78.0 Å². The first-order valence-electron chi connectivity index (χ1n) is 9.69. The fourth-order valence-corrected chi connectivity index (χ4v) is 3.66. The van der Waals surface area contributed by atoms with Gasteiger partial charge in [0.25, 0.3) is 5.91 Å². The van der Waals surface area contributed by atoms with Gasteiger partial charge in [0, 0.05) is 32.2 Å². The molecule has 2 fully saturated rings. The molecule has 0 aromatic heterocycles. The highest BCUT2D eigenvalue weighted by molar-refractivity contribution is 14.0. The van der Waals surface area contributed by atoms with Gasteiger partial charge in [0.15, 0.2) is 5.96 Å². The van der Waals surface area contributed by atoms with Crippen LogP contribution in [0.4, 0.5) is 0 Å². The Morgan fingerprint density at radius 3 is 2.75 bits per heavy atom. The Hall–Kier alpha value is -1.39. The second-order valence-corrected chi connectivity index (χ2v) is 7.55. The van der Waals surface area contributed by atoms with E-state index in [1.807, 2.05) is 43.3 Å². The third kappa shape index (κ3) is 6.31. The van der Waals surface area contributed by atoms with Gasteiger partial charge in [-0.05, 0) is 51.1 Å². The second kappa shape index (κ2) is 11.0. The molecule has 3 rings (SSSR count). The number of carbonyl (C=O) groups excluding carboxylic acids is 1. The van der Waals surface area contributed by atoms with Gasteiger partial charge < -0.3 is 25.6 Å². The predicted octanol–water partition coefficient (Wildman–Crippen LogP) is 1.58. The van der Waals surface area contributed by atoms with Crippen molar-refractivity contribution in [2.24, 2.45) is 4.99 Å². The average molecular weight is 501 g/mol. The molecule has 3 unspecified atom stereocenters. The highest BCUT2D eigenvalue weighted by atomic mass is 127. The molecule has 2 bridgehead atoms. The monoisotopic (exact) mass is 501 g/mol. The quantitative estimate of drug-likeness (QED) is 0.301. The fourth-order valence-electron chi connectivity index (χ4n) is 3.66. The summed E-state index contributed by atoms with van der Waals surface area (Å²) < 4.78 is 5.89. The number of fused-ring (bicyclic) bond motifs is 2. The first kappa shape index (κ1) is 22.9. The second-order valence-electron chi connectivity index (χ2n) is 7.55. The van der Waals surface area contributed by atoms with Gasteiger partial charge in [0.05, 0.1) is 18.2 Å². The van der Waals surface area contributed by atoms with Crippen molar-refractivity contribution in [1.82, 2.24) is 20.9 Å². The van der Waals surface area contributed by atoms with Crippen LogP contribution < -0.4 is 16.0 Å². The largest absolute Gasteiger partial charge is 0.373 e. The van der Waals surface area contributed by atoms with E-state index in [1.54, 1.807) is 7.05 Å². The molecule has 7 nitrogen and oxygen atoms in total. The van der Waals surface area contributed by atoms with Crippen LogP contribution in [0, 0.1) is 0 Å². The van der Waals surface area contributed by atoms with E-state index in [1.165, 1.54) is 6.42 Å². The number of aliphatic imine (C=N–C) groups is 1. The van der Waals surface area contributed by atoms with Crippen LogP contribution in [-0.2, 0) is 11.3 Å². The molecule has 156 valence electrons. The molecule has 1 aromatic rings. The van der Waals surface area contributed by atoms with Gasteiger partial charge in [0.1, 0.15) is 0 Å². The predicted molar refractivity (Wildman–Crippen MR) is 122 cm³/mol. The summed E-state index contributed by atoms with van der Waals surface area (Å²) in [6.07, 6.45) is 4.08. The highest BCUT2D eigenvalue weighted by Crippen LogP contribution is 2.34. The summed E-state index contributed by atoms with van der Waals surface area (Å²) >= 11 is 0. The minimum atomic E-state index is -0.0414. The maximum atomic E-state index is 12.3. The first-order chi connectivity index (χ1) is 13.0. The summed E-state index contributed by atoms with van der Waals surface area (Å²) in [6.45, 7) is 2.07. The molecule has 2 aliphatic rings. The standard InChI is InChI=1S/C20H31N5O2.HI/c1-21-20(24-17-12-16-7-8-18(17)27-16)23-13-14-5-4-6-15(11-14)19(26)22-9-10-25(2)3;/h4-6,11,16-18H,7-10,12-13H2,1-3H3,(H,22,26)(H2,21,23,24);1H. The van der Waals surface area contributed by atoms with Crippen molar-refractivity contribution in [3.05, 3.63) is 35.4 Å². The van der Waals surface area contributed by atoms with Crippen LogP contribution in [0.1, 0.15) is 35.2 Å². The average Bonchev–Trinajstić information content (AvgIpc) is 3.28. The molecule has 1 aromatic carbocycles. The molecule has 0 spiro atoms. The Morgan fingerprint density at radius 1 is 1.29 bits per heavy atom. The van der Waals surface area contributed by atoms with E-state index in [0.29, 0.717) is 36.9 Å². The van der Waals surface area contributed by atoms with Gasteiger partial charge in [-0.2, -0.15) is 0 Å². The van der Waals surface area contributed by atoms with Crippen LogP contribution >= 0.6 is 24.0 Å². The summed E-state index contributed by atoms with van der Waals surface area (Å²) in [7, 11) is 5.75. The first-order valence-corrected chi connectivity index (χ1v) is 9.69. The number of hydrogen-bond donors (Lipinski definition) is 3. The number of amides is 1. The van der Waals surface area contributed by atoms with E-state index < -0.39 is 0 Å². The number of nitrogens with zero attached hydrogens (tertiary/aromatic N) is 2. The number of likely N-dealkylation sites (N-methyl/N-ethyl adjacent to an activating group) is 1. The van der Waals surface area contributed by atoms with Crippen LogP contribution in [0.2, 0.25) is 0 Å². The number of rotatable bonds is 7. The van der Waals surface area contributed by atoms with E-state index in [2.05, 4.69) is 20.9 Å². The van der Waals surface area contributed by atoms with Crippen LogP contribution in [0.5, 0.6) is 0 Å². The zero-order valence-electron chi connectivity index (χ0n) is 16.9. The minimum absolute atomic E-state index is 0. The molecule has 2 aliphatic heterocycles. The van der Waals surface area contributed by atoms with Gasteiger partial charge in [-0.25, -0.2) is 0 Å². The summed E-state index contributed by atoms with van der Waals surface area (Å²) in [6, 6.07) is 8.03. The normalized spacial score (nSPS) is 23.4. The molecule has 2 saturated heterocycles. The molecule has 0 radical (unpaired) electrons. The third-order valence-electron chi connectivity index (χ3n) is 5.15. The minimum Gasteiger partial charge on any atom is -0.373 e. The molecule has 8 heteroatoms. The lowest BCUT2D eigenvalue weighted by molar-refractivity contribution is 0.0950. The van der Waals surface area contributed by atoms with Crippen molar-refractivity contribution in [3.63, 3.8) is 0 Å². The lowest BCUT2D eigenvalue weighted by atomic mass is 9.96. The van der Waals surface area contributed by atoms with E-state index in [0.717, 1.165) is 30.9 Å². The van der Waals surface area contributed by atoms with Crippen LogP contribution in [0.3, 0.4) is 0 Å². The van der Waals surface area contributed by atoms with Crippen molar-refractivity contribution in [3.8, 4) is 0 Å². The molecule has 2 heterocycles. The van der Waals surface area contributed by atoms with Crippen molar-refractivity contribution in [2.75, 3.05) is 34.2 Å². The number of benzene rings is 1. The summed E-state index contributed by atoms with van der Waals surface area (Å²) in [5, 5.41) is 9.76. The summed E-state index contributed by atoms with van der Waals surface area (Å²) in [5.41, 5.74) is 1.72. The number of carbonyl (C=O) groups is 1. The number of guanidine groups is 1. The Kier molecular flexibility index (Phi) is 8.97. The zero-order valence-corrected chi connectivity index (χ0v) is 19.2. The van der Waals surface area contributed by atoms with E-state index in [9.17, 15) is 4.79 Å². The molecular formula is C20H32IN5O2. The maximum absolute atomic E-state index is 12.3. The van der Waals surface area contributed by atoms with Crippen molar-refractivity contribution < 1.29 is 9.53 Å². The molecule has 0 aliphatic carbocycles. The molecule has 28 heavy (non-hydrogen) atoms. The Balaban J connectivity index is 0.00000280. The Bertz CT molecular complexity index is 682. The highest BCUT2D eigenvalue weighted by Gasteiger charge is 2.41. The van der Waals surface area contributed by atoms with Crippen molar-refractivity contribution in [1.29, 1.82) is 0 Å². The number of halogens is 1. The van der Waals surface area contributed by atoms with Gasteiger partial charge in [0.2, 0.25) is 0 Å². The lowest BCUT2D eigenvalue weighted by Crippen LogP contribution is -2.47. The van der Waals surface area contributed by atoms with Crippen LogP contribution in [0.15, 0.2) is 29.3 Å². The number of hydrogen-bond acceptors (Lipinski definition) is 4. The van der Waals surface area contributed by atoms with E-state index in [-0.39, 0.29) is 29.9 Å². The SMILES string of the molecule is CN=C(NCc1cccc(C(=O)NCCN(C)C)c1)NC1CC2CCC1O2.I. The maximum Gasteiger partial charge on any atom is 0.251 e. The van der Waals surface area contributed by atoms with E-state index >= 15 is 0 Å². The Morgan fingerprint density at radius 2 is 2.11 bits per heavy atom. The number of ether oxygens (including phenoxy) is 1. The summed E-state index contributed by atoms with van der Waals surface area (Å²) in [5.74, 6) is 0.734. The zero-order chi connectivity index (χ0) is 19.2.